The molecule has 2 aromatic rings. The Morgan fingerprint density at radius 2 is 1.06 bits per heavy atom. The van der Waals surface area contributed by atoms with E-state index in [0.29, 0.717) is 11.1 Å². The number of hydrogen-bond donors (Lipinski definition) is 0. The monoisotopic (exact) mass is 476 g/mol. The Hall–Kier alpha value is -3.28. The molecule has 4 rings (SSSR count). The molecule has 0 N–H and O–H groups in total. The molecule has 6 nitrogen and oxygen atoms in total. The molecule has 6 heteroatoms. The van der Waals surface area contributed by atoms with Crippen LogP contribution in [0.25, 0.3) is 0 Å². The van der Waals surface area contributed by atoms with Gasteiger partial charge in [-0.2, -0.15) is 0 Å². The molecule has 2 aliphatic rings. The maximum atomic E-state index is 13.0. The number of esters is 2. The van der Waals surface area contributed by atoms with E-state index in [1.54, 1.807) is 24.3 Å². The van der Waals surface area contributed by atoms with Crippen LogP contribution in [-0.2, 0) is 19.1 Å². The molecule has 2 fully saturated rings. The molecule has 35 heavy (non-hydrogen) atoms. The lowest BCUT2D eigenvalue weighted by atomic mass is 9.79. The fraction of sp³-hybridized carbons (Fsp3) is 0.448. The van der Waals surface area contributed by atoms with Crippen molar-refractivity contribution in [2.75, 3.05) is 13.2 Å². The predicted octanol–water partition coefficient (Wildman–Crippen LogP) is 4.73. The third kappa shape index (κ3) is 5.21. The Bertz CT molecular complexity index is 1090. The number of ketones is 2. The number of carbonyl (C=O) groups excluding carboxylic acids is 4. The molecule has 0 saturated heterocycles. The maximum absolute atomic E-state index is 13.0. The van der Waals surface area contributed by atoms with E-state index in [-0.39, 0.29) is 36.6 Å². The number of aryl methyl sites for hydroxylation is 4. The van der Waals surface area contributed by atoms with Gasteiger partial charge in [0.2, 0.25) is 0 Å². The number of hydrogen-bond acceptors (Lipinski definition) is 6. The molecule has 0 radical (unpaired) electrons. The lowest BCUT2D eigenvalue weighted by molar-refractivity contribution is -0.162. The van der Waals surface area contributed by atoms with Crippen LogP contribution < -0.4 is 0 Å². The van der Waals surface area contributed by atoms with Gasteiger partial charge in [-0.05, 0) is 93.2 Å². The highest BCUT2D eigenvalue weighted by atomic mass is 16.5. The predicted molar refractivity (Wildman–Crippen MR) is 130 cm³/mol. The molecule has 2 aromatic carbocycles. The SMILES string of the molecule is Cc1ccc(C(=O)COC(=O)[C@H]2[C@@H]3CC[C@H](C3)[C@@H]2C(=O)OCC(=O)c2ccc(C)c(C)c2)cc1C. The number of fused-ring (bicyclic) bond motifs is 2. The van der Waals surface area contributed by atoms with Gasteiger partial charge in [0.25, 0.3) is 0 Å². The number of rotatable bonds is 8. The van der Waals surface area contributed by atoms with Crippen molar-refractivity contribution in [1.29, 1.82) is 0 Å². The average Bonchev–Trinajstić information content (AvgIpc) is 3.46. The van der Waals surface area contributed by atoms with Crippen molar-refractivity contribution >= 4 is 23.5 Å². The lowest BCUT2D eigenvalue weighted by Gasteiger charge is -2.27. The van der Waals surface area contributed by atoms with Crippen LogP contribution in [0.5, 0.6) is 0 Å². The third-order valence-corrected chi connectivity index (χ3v) is 7.81. The van der Waals surface area contributed by atoms with Gasteiger partial charge >= 0.3 is 11.9 Å². The summed E-state index contributed by atoms with van der Waals surface area (Å²) in [6.07, 6.45) is 2.46. The Morgan fingerprint density at radius 1 is 0.657 bits per heavy atom. The van der Waals surface area contributed by atoms with Gasteiger partial charge in [0.1, 0.15) is 0 Å². The van der Waals surface area contributed by atoms with Crippen molar-refractivity contribution < 1.29 is 28.7 Å². The minimum Gasteiger partial charge on any atom is -0.457 e. The number of ether oxygens (including phenoxy) is 2. The summed E-state index contributed by atoms with van der Waals surface area (Å²) in [5.74, 6) is -2.80. The molecule has 0 spiro atoms. The summed E-state index contributed by atoms with van der Waals surface area (Å²) in [7, 11) is 0. The molecule has 2 aliphatic carbocycles. The van der Waals surface area contributed by atoms with Crippen LogP contribution >= 0.6 is 0 Å². The minimum absolute atomic E-state index is 0.0391. The van der Waals surface area contributed by atoms with Crippen molar-refractivity contribution in [2.24, 2.45) is 23.7 Å². The standard InChI is InChI=1S/C29H32O6/c1-16-5-7-20(11-18(16)3)24(30)14-34-28(32)26-22-9-10-23(13-22)27(26)29(33)35-15-25(31)21-8-6-17(2)19(4)12-21/h5-8,11-12,22-23,26-27H,9-10,13-15H2,1-4H3/t22-,23-,26+,27+/m1/s1. The minimum atomic E-state index is -0.634. The summed E-state index contributed by atoms with van der Waals surface area (Å²) in [6, 6.07) is 10.8. The van der Waals surface area contributed by atoms with Crippen molar-refractivity contribution in [1.82, 2.24) is 0 Å². The Kier molecular flexibility index (Phi) is 7.20. The third-order valence-electron chi connectivity index (χ3n) is 7.81. The topological polar surface area (TPSA) is 86.7 Å². The van der Waals surface area contributed by atoms with Crippen molar-refractivity contribution in [3.8, 4) is 0 Å². The molecule has 0 aliphatic heterocycles. The molecular formula is C29H32O6. The summed E-state index contributed by atoms with van der Waals surface area (Å²) >= 11 is 0. The van der Waals surface area contributed by atoms with Gasteiger partial charge in [-0.25, -0.2) is 0 Å². The van der Waals surface area contributed by atoms with E-state index in [1.807, 2.05) is 39.8 Å². The van der Waals surface area contributed by atoms with E-state index in [4.69, 9.17) is 9.47 Å². The van der Waals surface area contributed by atoms with Crippen LogP contribution in [0.2, 0.25) is 0 Å². The zero-order valence-corrected chi connectivity index (χ0v) is 20.8. The summed E-state index contributed by atoms with van der Waals surface area (Å²) in [5.41, 5.74) is 5.14. The lowest BCUT2D eigenvalue weighted by Crippen LogP contribution is -2.38. The molecule has 2 bridgehead atoms. The molecular weight excluding hydrogens is 444 g/mol. The molecule has 184 valence electrons. The first-order chi connectivity index (χ1) is 16.7. The quantitative estimate of drug-likeness (QED) is 0.404. The Morgan fingerprint density at radius 3 is 1.43 bits per heavy atom. The first-order valence-electron chi connectivity index (χ1n) is 12.2. The second kappa shape index (κ2) is 10.1. The Balaban J connectivity index is 1.37. The second-order valence-corrected chi connectivity index (χ2v) is 10.0. The van der Waals surface area contributed by atoms with Crippen LogP contribution in [0.4, 0.5) is 0 Å². The fourth-order valence-electron chi connectivity index (χ4n) is 5.43. The first-order valence-corrected chi connectivity index (χ1v) is 12.2. The summed E-state index contributed by atoms with van der Waals surface area (Å²) in [6.45, 7) is 7.06. The summed E-state index contributed by atoms with van der Waals surface area (Å²) in [4.78, 5) is 51.1. The highest BCUT2D eigenvalue weighted by molar-refractivity contribution is 5.99. The summed E-state index contributed by atoms with van der Waals surface area (Å²) in [5, 5.41) is 0. The van der Waals surface area contributed by atoms with Gasteiger partial charge in [0.05, 0.1) is 11.8 Å². The number of Topliss-reactive ketones (excluding diaryl/α,β-unsaturated/α-hetero) is 2. The van der Waals surface area contributed by atoms with E-state index in [0.717, 1.165) is 41.5 Å². The van der Waals surface area contributed by atoms with E-state index in [1.165, 1.54) is 0 Å². The van der Waals surface area contributed by atoms with Gasteiger partial charge in [-0.3, -0.25) is 19.2 Å². The largest absolute Gasteiger partial charge is 0.457 e. The van der Waals surface area contributed by atoms with Gasteiger partial charge in [0.15, 0.2) is 24.8 Å². The number of carbonyl (C=O) groups is 4. The van der Waals surface area contributed by atoms with E-state index < -0.39 is 23.8 Å². The summed E-state index contributed by atoms with van der Waals surface area (Å²) < 4.78 is 10.8. The smallest absolute Gasteiger partial charge is 0.310 e. The maximum Gasteiger partial charge on any atom is 0.310 e. The van der Waals surface area contributed by atoms with Crippen LogP contribution in [-0.4, -0.2) is 36.7 Å². The average molecular weight is 477 g/mol. The first kappa shape index (κ1) is 24.8. The van der Waals surface area contributed by atoms with Gasteiger partial charge in [0, 0.05) is 11.1 Å². The van der Waals surface area contributed by atoms with Gasteiger partial charge < -0.3 is 9.47 Å². The van der Waals surface area contributed by atoms with E-state index in [9.17, 15) is 19.2 Å². The molecule has 0 amide bonds. The van der Waals surface area contributed by atoms with Gasteiger partial charge in [-0.1, -0.05) is 24.3 Å². The second-order valence-electron chi connectivity index (χ2n) is 10.0. The van der Waals surface area contributed by atoms with E-state index >= 15 is 0 Å². The van der Waals surface area contributed by atoms with Crippen molar-refractivity contribution in [3.63, 3.8) is 0 Å². The Labute approximate surface area is 206 Å². The van der Waals surface area contributed by atoms with Crippen LogP contribution in [0.3, 0.4) is 0 Å². The zero-order valence-electron chi connectivity index (χ0n) is 20.8. The molecule has 2 saturated carbocycles. The van der Waals surface area contributed by atoms with Crippen molar-refractivity contribution in [3.05, 3.63) is 69.8 Å². The van der Waals surface area contributed by atoms with Crippen LogP contribution in [0.1, 0.15) is 62.2 Å². The zero-order chi connectivity index (χ0) is 25.3. The van der Waals surface area contributed by atoms with E-state index in [2.05, 4.69) is 0 Å². The highest BCUT2D eigenvalue weighted by Gasteiger charge is 2.55. The van der Waals surface area contributed by atoms with Crippen molar-refractivity contribution in [2.45, 2.75) is 47.0 Å². The molecule has 0 heterocycles. The van der Waals surface area contributed by atoms with Crippen LogP contribution in [0.15, 0.2) is 36.4 Å². The highest BCUT2D eigenvalue weighted by Crippen LogP contribution is 2.53. The molecule has 0 aromatic heterocycles. The number of benzene rings is 2. The molecule has 0 unspecified atom stereocenters. The van der Waals surface area contributed by atoms with Crippen LogP contribution in [0, 0.1) is 51.4 Å². The van der Waals surface area contributed by atoms with Gasteiger partial charge in [-0.15, -0.1) is 0 Å². The molecule has 4 atom stereocenters. The fourth-order valence-corrected chi connectivity index (χ4v) is 5.43. The normalized spacial score (nSPS) is 22.6.